The van der Waals surface area contributed by atoms with E-state index in [2.05, 4.69) is 37.2 Å². The minimum absolute atomic E-state index is 0.128. The van der Waals surface area contributed by atoms with Crippen LogP contribution in [0.1, 0.15) is 29.6 Å². The summed E-state index contributed by atoms with van der Waals surface area (Å²) in [4.78, 5) is 25.6. The molecule has 1 aliphatic rings. The van der Waals surface area contributed by atoms with Gasteiger partial charge in [0.25, 0.3) is 5.91 Å². The number of hydrogen-bond donors (Lipinski definition) is 1. The van der Waals surface area contributed by atoms with Gasteiger partial charge in [-0.15, -0.1) is 11.3 Å². The zero-order valence-corrected chi connectivity index (χ0v) is 14.2. The van der Waals surface area contributed by atoms with Crippen LogP contribution in [0, 0.1) is 0 Å². The maximum Gasteiger partial charge on any atom is 0.253 e. The summed E-state index contributed by atoms with van der Waals surface area (Å²) < 4.78 is 1.69. The van der Waals surface area contributed by atoms with Crippen LogP contribution in [0.5, 0.6) is 0 Å². The first kappa shape index (κ1) is 15.0. The van der Waals surface area contributed by atoms with Gasteiger partial charge in [-0.1, -0.05) is 0 Å². The summed E-state index contributed by atoms with van der Waals surface area (Å²) in [6.45, 7) is 2.10. The van der Waals surface area contributed by atoms with Crippen molar-refractivity contribution in [3.63, 3.8) is 0 Å². The first-order chi connectivity index (χ1) is 9.08. The van der Waals surface area contributed by atoms with Gasteiger partial charge in [0.05, 0.1) is 13.1 Å². The summed E-state index contributed by atoms with van der Waals surface area (Å²) in [5.41, 5.74) is 0.602. The van der Waals surface area contributed by atoms with Crippen molar-refractivity contribution >= 4 is 55.0 Å². The van der Waals surface area contributed by atoms with Crippen LogP contribution in [0.4, 0.5) is 0 Å². The Morgan fingerprint density at radius 3 is 2.58 bits per heavy atom. The number of hydrogen-bond acceptors (Lipinski definition) is 3. The number of rotatable bonds is 4. The molecule has 1 fully saturated rings. The number of carbonyl (C=O) groups is 2. The van der Waals surface area contributed by atoms with Crippen molar-refractivity contribution in [2.75, 3.05) is 19.6 Å². The highest BCUT2D eigenvalue weighted by molar-refractivity contribution is 9.12. The van der Waals surface area contributed by atoms with Crippen LogP contribution in [0.15, 0.2) is 13.6 Å². The van der Waals surface area contributed by atoms with Crippen molar-refractivity contribution in [2.24, 2.45) is 0 Å². The van der Waals surface area contributed by atoms with Gasteiger partial charge in [0.2, 0.25) is 5.91 Å². The maximum absolute atomic E-state index is 11.9. The highest BCUT2D eigenvalue weighted by Crippen LogP contribution is 2.31. The van der Waals surface area contributed by atoms with E-state index in [9.17, 15) is 9.59 Å². The summed E-state index contributed by atoms with van der Waals surface area (Å²) in [5.74, 6) is -0.0218. The Morgan fingerprint density at radius 2 is 2.00 bits per heavy atom. The van der Waals surface area contributed by atoms with Gasteiger partial charge < -0.3 is 10.2 Å². The van der Waals surface area contributed by atoms with Crippen molar-refractivity contribution in [1.29, 1.82) is 0 Å². The Morgan fingerprint density at radius 1 is 1.32 bits per heavy atom. The van der Waals surface area contributed by atoms with E-state index in [-0.39, 0.29) is 11.8 Å². The molecule has 1 saturated heterocycles. The van der Waals surface area contributed by atoms with Crippen LogP contribution >= 0.6 is 43.2 Å². The van der Waals surface area contributed by atoms with Crippen molar-refractivity contribution in [3.8, 4) is 0 Å². The van der Waals surface area contributed by atoms with Crippen molar-refractivity contribution in [2.45, 2.75) is 19.3 Å². The molecule has 0 bridgehead atoms. The number of carbonyl (C=O) groups excluding carboxylic acids is 2. The van der Waals surface area contributed by atoms with E-state index in [0.29, 0.717) is 18.5 Å². The summed E-state index contributed by atoms with van der Waals surface area (Å²) in [5, 5.41) is 2.78. The number of nitrogens with zero attached hydrogens (tertiary/aromatic N) is 1. The lowest BCUT2D eigenvalue weighted by Crippen LogP contribution is -2.32. The first-order valence-corrected chi connectivity index (χ1v) is 8.49. The molecule has 0 radical (unpaired) electrons. The second kappa shape index (κ2) is 6.85. The highest BCUT2D eigenvalue weighted by atomic mass is 79.9. The Kier molecular flexibility index (Phi) is 5.41. The fourth-order valence-corrected chi connectivity index (χ4v) is 4.79. The maximum atomic E-state index is 11.9. The normalized spacial score (nSPS) is 14.7. The lowest BCUT2D eigenvalue weighted by molar-refractivity contribution is -0.129. The number of nitrogens with one attached hydrogen (secondary N) is 1. The quantitative estimate of drug-likeness (QED) is 0.830. The van der Waals surface area contributed by atoms with Crippen molar-refractivity contribution in [3.05, 3.63) is 19.2 Å². The molecule has 0 saturated carbocycles. The van der Waals surface area contributed by atoms with E-state index < -0.39 is 0 Å². The molecule has 1 aromatic rings. The minimum Gasteiger partial charge on any atom is -0.351 e. The lowest BCUT2D eigenvalue weighted by atomic mass is 10.3. The minimum atomic E-state index is -0.150. The largest absolute Gasteiger partial charge is 0.351 e. The van der Waals surface area contributed by atoms with Crippen LogP contribution in [-0.4, -0.2) is 36.3 Å². The van der Waals surface area contributed by atoms with E-state index in [1.807, 2.05) is 4.90 Å². The molecular weight excluding hydrogens is 396 g/mol. The summed E-state index contributed by atoms with van der Waals surface area (Å²) >= 11 is 8.14. The molecule has 19 heavy (non-hydrogen) atoms. The zero-order valence-electron chi connectivity index (χ0n) is 10.2. The monoisotopic (exact) mass is 408 g/mol. The van der Waals surface area contributed by atoms with Crippen LogP contribution in [0.3, 0.4) is 0 Å². The molecular formula is C12H14Br2N2O2S. The Balaban J connectivity index is 1.77. The predicted octanol–water partition coefficient (Wildman–Crippen LogP) is 3.02. The van der Waals surface area contributed by atoms with Crippen LogP contribution in [0.25, 0.3) is 0 Å². The van der Waals surface area contributed by atoms with Gasteiger partial charge in [-0.2, -0.15) is 0 Å². The third-order valence-electron chi connectivity index (χ3n) is 2.98. The van der Waals surface area contributed by atoms with E-state index >= 15 is 0 Å². The standard InChI is InChI=1S/C12H14Br2N2O2S/c13-9-7-8(11(14)19-9)12(18)15-4-3-10(17)16-5-1-2-6-16/h7H,1-6H2,(H,15,18). The molecule has 0 spiro atoms. The molecule has 2 rings (SSSR count). The van der Waals surface area contributed by atoms with Crippen LogP contribution < -0.4 is 5.32 Å². The van der Waals surface area contributed by atoms with Crippen LogP contribution in [0.2, 0.25) is 0 Å². The molecule has 2 heterocycles. The van der Waals surface area contributed by atoms with Crippen molar-refractivity contribution in [1.82, 2.24) is 10.2 Å². The van der Waals surface area contributed by atoms with Crippen molar-refractivity contribution < 1.29 is 9.59 Å². The van der Waals surface area contributed by atoms with Gasteiger partial charge in [0.15, 0.2) is 0 Å². The topological polar surface area (TPSA) is 49.4 Å². The summed E-state index contributed by atoms with van der Waals surface area (Å²) in [6.07, 6.45) is 2.55. The molecule has 104 valence electrons. The number of likely N-dealkylation sites (tertiary alicyclic amines) is 1. The summed E-state index contributed by atoms with van der Waals surface area (Å²) in [7, 11) is 0. The molecule has 1 aliphatic heterocycles. The van der Waals surface area contributed by atoms with Gasteiger partial charge in [0, 0.05) is 26.1 Å². The average Bonchev–Trinajstić information content (AvgIpc) is 2.98. The average molecular weight is 410 g/mol. The zero-order chi connectivity index (χ0) is 13.8. The molecule has 4 nitrogen and oxygen atoms in total. The molecule has 0 aliphatic carbocycles. The number of amides is 2. The fraction of sp³-hybridized carbons (Fsp3) is 0.500. The smallest absolute Gasteiger partial charge is 0.253 e. The molecule has 0 atom stereocenters. The van der Waals surface area contributed by atoms with E-state index in [1.54, 1.807) is 6.07 Å². The van der Waals surface area contributed by atoms with Gasteiger partial charge in [-0.25, -0.2) is 0 Å². The second-order valence-electron chi connectivity index (χ2n) is 4.33. The fourth-order valence-electron chi connectivity index (χ4n) is 2.00. The molecule has 0 aromatic carbocycles. The number of halogens is 2. The summed E-state index contributed by atoms with van der Waals surface area (Å²) in [6, 6.07) is 1.77. The Hall–Kier alpha value is -0.400. The molecule has 0 unspecified atom stereocenters. The first-order valence-electron chi connectivity index (χ1n) is 6.08. The van der Waals surface area contributed by atoms with Gasteiger partial charge >= 0.3 is 0 Å². The third kappa shape index (κ3) is 4.03. The molecule has 2 amide bonds. The molecule has 1 aromatic heterocycles. The molecule has 1 N–H and O–H groups in total. The van der Waals surface area contributed by atoms with E-state index in [1.165, 1.54) is 11.3 Å². The third-order valence-corrected chi connectivity index (χ3v) is 5.32. The molecule has 7 heteroatoms. The van der Waals surface area contributed by atoms with E-state index in [0.717, 1.165) is 33.5 Å². The highest BCUT2D eigenvalue weighted by Gasteiger charge is 2.18. The lowest BCUT2D eigenvalue weighted by Gasteiger charge is -2.15. The Bertz CT molecular complexity index is 484. The Labute approximate surface area is 132 Å². The number of thiophene rings is 1. The van der Waals surface area contributed by atoms with Crippen LogP contribution in [-0.2, 0) is 4.79 Å². The van der Waals surface area contributed by atoms with Gasteiger partial charge in [-0.3, -0.25) is 9.59 Å². The predicted molar refractivity (Wildman–Crippen MR) is 82.5 cm³/mol. The van der Waals surface area contributed by atoms with Gasteiger partial charge in [0.1, 0.15) is 0 Å². The van der Waals surface area contributed by atoms with E-state index in [4.69, 9.17) is 0 Å². The second-order valence-corrected chi connectivity index (χ2v) is 8.08. The van der Waals surface area contributed by atoms with Gasteiger partial charge in [-0.05, 0) is 50.8 Å². The SMILES string of the molecule is O=C(NCCC(=O)N1CCCC1)c1cc(Br)sc1Br.